The van der Waals surface area contributed by atoms with E-state index in [1.807, 2.05) is 0 Å². The van der Waals surface area contributed by atoms with E-state index >= 15 is 0 Å². The van der Waals surface area contributed by atoms with E-state index in [4.69, 9.17) is 0 Å². The molecule has 2 aromatic rings. The number of hydrogen-bond donors (Lipinski definition) is 0. The Hall–Kier alpha value is -0.473. The van der Waals surface area contributed by atoms with Crippen LogP contribution in [0, 0.1) is 0 Å². The van der Waals surface area contributed by atoms with Gasteiger partial charge in [0.25, 0.3) is 0 Å². The predicted molar refractivity (Wildman–Crippen MR) is 62.8 cm³/mol. The van der Waals surface area contributed by atoms with Crippen LogP contribution in [-0.2, 0) is 25.8 Å². The molecule has 2 heteroatoms. The van der Waals surface area contributed by atoms with Gasteiger partial charge in [-0.15, -0.1) is 0 Å². The Bertz CT molecular complexity index is 460. The van der Waals surface area contributed by atoms with Crippen molar-refractivity contribution in [1.29, 1.82) is 0 Å². The van der Waals surface area contributed by atoms with Gasteiger partial charge < -0.3 is 4.28 Å². The molecule has 2 aromatic carbocycles. The minimum Gasteiger partial charge on any atom is -1.00 e. The second-order valence-corrected chi connectivity index (χ2v) is 4.18. The molecule has 15 heavy (non-hydrogen) atoms. The predicted octanol–water partition coefficient (Wildman–Crippen LogP) is 3.26. The molecule has 0 unspecified atom stereocenters. The molecule has 71 valence electrons. The van der Waals surface area contributed by atoms with Gasteiger partial charge in [0.05, 0.1) is 0 Å². The second-order valence-electron chi connectivity index (χ2n) is 3.61. The molecule has 1 aliphatic rings. The Morgan fingerprint density at radius 3 is 1.67 bits per heavy atom. The fourth-order valence-electron chi connectivity index (χ4n) is 2.16. The Labute approximate surface area is 116 Å². The summed E-state index contributed by atoms with van der Waals surface area (Å²) in [6.45, 7) is 0. The zero-order valence-electron chi connectivity index (χ0n) is 11.3. The maximum Gasteiger partial charge on any atom is 3.00 e. The Morgan fingerprint density at radius 1 is 0.800 bits per heavy atom. The third-order valence-electron chi connectivity index (χ3n) is 2.83. The average molecular weight is 241 g/mol. The summed E-state index contributed by atoms with van der Waals surface area (Å²) >= 11 is 0. The molecule has 0 aromatic heterocycles. The van der Waals surface area contributed by atoms with Crippen molar-refractivity contribution in [2.45, 2.75) is 5.54 Å². The van der Waals surface area contributed by atoms with Gasteiger partial charge in [0.1, 0.15) is 0 Å². The maximum absolute atomic E-state index is 3.79. The number of hydrogen-bond acceptors (Lipinski definition) is 0. The third kappa shape index (κ3) is 1.60. The van der Waals surface area contributed by atoms with E-state index in [0.29, 0.717) is 5.54 Å². The fourth-order valence-corrected chi connectivity index (χ4v) is 2.66. The smallest absolute Gasteiger partial charge is 1.00 e. The molecular weight excluding hydrogens is 229 g/mol. The molecule has 3 radical (unpaired) electrons. The van der Waals surface area contributed by atoms with Crippen molar-refractivity contribution in [2.75, 3.05) is 0 Å². The molecule has 0 fully saturated rings. The number of benzene rings is 2. The molecule has 0 spiro atoms. The molecule has 0 N–H and O–H groups in total. The van der Waals surface area contributed by atoms with E-state index in [9.17, 15) is 0 Å². The zero-order valence-corrected chi connectivity index (χ0v) is 11.1. The van der Waals surface area contributed by atoms with Crippen LogP contribution in [0.1, 0.15) is 20.9 Å². The first-order chi connectivity index (χ1) is 6.88. The topological polar surface area (TPSA) is 0 Å². The zero-order chi connectivity index (χ0) is 9.54. The van der Waals surface area contributed by atoms with Crippen molar-refractivity contribution in [3.05, 3.63) is 59.7 Å². The minimum atomic E-state index is 0. The van der Waals surface area contributed by atoms with E-state index in [2.05, 4.69) is 58.8 Å². The Morgan fingerprint density at radius 2 is 1.20 bits per heavy atom. The maximum atomic E-state index is 3.79. The summed E-state index contributed by atoms with van der Waals surface area (Å²) in [4.78, 5) is 0. The Balaban J connectivity index is 0. The van der Waals surface area contributed by atoms with Gasteiger partial charge in [-0.05, 0) is 27.8 Å². The van der Waals surface area contributed by atoms with Gasteiger partial charge in [0.2, 0.25) is 0 Å². The van der Waals surface area contributed by atoms with Gasteiger partial charge in [-0.1, -0.05) is 48.5 Å². The summed E-state index contributed by atoms with van der Waals surface area (Å²) in [5.41, 5.74) is 5.85. The quantitative estimate of drug-likeness (QED) is 0.621. The van der Waals surface area contributed by atoms with Crippen molar-refractivity contribution < 1.29 is 30.1 Å². The van der Waals surface area contributed by atoms with Crippen molar-refractivity contribution in [3.63, 3.8) is 0 Å². The largest absolute Gasteiger partial charge is 3.00 e. The van der Waals surface area contributed by atoms with Gasteiger partial charge >= 0.3 is 25.8 Å². The van der Waals surface area contributed by atoms with Crippen molar-refractivity contribution >= 4 is 10.2 Å². The van der Waals surface area contributed by atoms with Gasteiger partial charge in [-0.3, -0.25) is 0 Å². The molecule has 1 aliphatic carbocycles. The molecule has 0 nitrogen and oxygen atoms in total. The third-order valence-corrected chi connectivity index (χ3v) is 3.46. The second kappa shape index (κ2) is 4.18. The molecule has 0 amide bonds. The van der Waals surface area contributed by atoms with Gasteiger partial charge in [0.15, 0.2) is 0 Å². The van der Waals surface area contributed by atoms with E-state index < -0.39 is 0 Å². The summed E-state index contributed by atoms with van der Waals surface area (Å²) in [6, 6.07) is 17.1. The van der Waals surface area contributed by atoms with Gasteiger partial charge in [0, 0.05) is 10.2 Å². The molecule has 0 heterocycles. The van der Waals surface area contributed by atoms with Crippen LogP contribution in [0.5, 0.6) is 0 Å². The van der Waals surface area contributed by atoms with Crippen LogP contribution in [0.3, 0.4) is 0 Å². The summed E-state index contributed by atoms with van der Waals surface area (Å²) in [7, 11) is 3.79. The summed E-state index contributed by atoms with van der Waals surface area (Å²) in [6.07, 6.45) is 0. The number of fused-ring (bicyclic) bond motifs is 3. The molecule has 0 atom stereocenters. The molecule has 0 saturated carbocycles. The standard InChI is InChI=1S/C13H9Si.Sc.3H/c14-13-11-7-3-1-5-9(11)10-6-2-4-8-12(10)13;;;;/h1-8,13H;;;;/q;+3;3*-1. The van der Waals surface area contributed by atoms with E-state index in [0.717, 1.165) is 0 Å². The van der Waals surface area contributed by atoms with Crippen molar-refractivity contribution in [1.82, 2.24) is 0 Å². The molecule has 0 saturated heterocycles. The summed E-state index contributed by atoms with van der Waals surface area (Å²) < 4.78 is 0. The molecule has 3 rings (SSSR count). The van der Waals surface area contributed by atoms with Gasteiger partial charge in [-0.25, -0.2) is 0 Å². The van der Waals surface area contributed by atoms with E-state index in [1.165, 1.54) is 22.3 Å². The van der Waals surface area contributed by atoms with Crippen molar-refractivity contribution in [2.24, 2.45) is 0 Å². The Kier molecular flexibility index (Phi) is 3.07. The van der Waals surface area contributed by atoms with Crippen LogP contribution in [0.25, 0.3) is 11.1 Å². The van der Waals surface area contributed by atoms with E-state index in [-0.39, 0.29) is 30.1 Å². The minimum absolute atomic E-state index is 0. The molecular formula is C13H12ScSi. The van der Waals surface area contributed by atoms with Crippen LogP contribution in [0.4, 0.5) is 0 Å². The first-order valence-electron chi connectivity index (χ1n) is 4.77. The van der Waals surface area contributed by atoms with Crippen molar-refractivity contribution in [3.8, 4) is 11.1 Å². The van der Waals surface area contributed by atoms with Crippen LogP contribution in [0.2, 0.25) is 0 Å². The van der Waals surface area contributed by atoms with Crippen LogP contribution >= 0.6 is 0 Å². The van der Waals surface area contributed by atoms with Crippen LogP contribution in [-0.4, -0.2) is 10.2 Å². The molecule has 0 aliphatic heterocycles. The van der Waals surface area contributed by atoms with Gasteiger partial charge in [-0.2, -0.15) is 0 Å². The number of rotatable bonds is 0. The SMILES string of the molecule is [H-].[H-].[H-].[Sc+3].[Si]C1c2ccccc2-c2ccccc21. The van der Waals surface area contributed by atoms with E-state index in [1.54, 1.807) is 0 Å². The van der Waals surface area contributed by atoms with Crippen LogP contribution in [0.15, 0.2) is 48.5 Å². The fraction of sp³-hybridized carbons (Fsp3) is 0.0769. The summed E-state index contributed by atoms with van der Waals surface area (Å²) in [5.74, 6) is 0. The first-order valence-corrected chi connectivity index (χ1v) is 5.35. The normalized spacial score (nSPS) is 12.9. The average Bonchev–Trinajstić information content (AvgIpc) is 2.55. The molecule has 0 bridgehead atoms. The first kappa shape index (κ1) is 11.0. The summed E-state index contributed by atoms with van der Waals surface area (Å²) in [5, 5.41) is 0. The monoisotopic (exact) mass is 241 g/mol. The van der Waals surface area contributed by atoms with Crippen LogP contribution < -0.4 is 0 Å².